The van der Waals surface area contributed by atoms with Crippen molar-refractivity contribution in [3.05, 3.63) is 307 Å². The summed E-state index contributed by atoms with van der Waals surface area (Å²) in [4.78, 5) is 14.5. The van der Waals surface area contributed by atoms with Crippen molar-refractivity contribution in [1.82, 2.24) is 4.98 Å². The molecule has 89 heavy (non-hydrogen) atoms. The van der Waals surface area contributed by atoms with Crippen LogP contribution in [0.4, 0.5) is 22.7 Å². The summed E-state index contributed by atoms with van der Waals surface area (Å²) in [5, 5.41) is 0. The average molecular weight is 1340 g/mol. The van der Waals surface area contributed by atoms with Gasteiger partial charge in [-0.15, -0.1) is 66.7 Å². The van der Waals surface area contributed by atoms with Crippen LogP contribution in [-0.4, -0.2) is 4.98 Å². The zero-order valence-electron chi connectivity index (χ0n) is 52.4. The van der Waals surface area contributed by atoms with Gasteiger partial charge in [-0.25, -0.2) is 0 Å². The van der Waals surface area contributed by atoms with E-state index in [0.29, 0.717) is 0 Å². The number of pyridine rings is 1. The molecule has 0 fully saturated rings. The van der Waals surface area contributed by atoms with E-state index in [2.05, 4.69) is 331 Å². The smallest absolute Gasteiger partial charge is 0.0166 e. The van der Waals surface area contributed by atoms with Gasteiger partial charge in [-0.2, -0.15) is 47.5 Å². The molecule has 0 unspecified atom stereocenters. The molecule has 6 heteroatoms. The first kappa shape index (κ1) is 59.4. The minimum absolute atomic E-state index is 0. The van der Waals surface area contributed by atoms with Crippen molar-refractivity contribution >= 4 is 22.7 Å². The molecule has 3 heterocycles. The van der Waals surface area contributed by atoms with E-state index >= 15 is 0 Å². The van der Waals surface area contributed by atoms with Crippen LogP contribution < -0.4 is 19.6 Å². The normalized spacial score (nSPS) is 16.9. The van der Waals surface area contributed by atoms with Gasteiger partial charge in [-0.3, -0.25) is 0 Å². The molecule has 0 amide bonds. The van der Waals surface area contributed by atoms with Gasteiger partial charge < -0.3 is 24.6 Å². The molecule has 447 valence electrons. The Balaban J connectivity index is 0.00000729. The molecule has 0 spiro atoms. The Morgan fingerprint density at radius 2 is 0.775 bits per heavy atom. The summed E-state index contributed by atoms with van der Waals surface area (Å²) in [5.41, 5.74) is 26.6. The molecule has 0 saturated carbocycles. The van der Waals surface area contributed by atoms with Crippen LogP contribution in [0.1, 0.15) is 90.5 Å². The number of hydrogen-bond donors (Lipinski definition) is 0. The molecule has 4 aliphatic rings. The molecule has 5 nitrogen and oxygen atoms in total. The second kappa shape index (κ2) is 23.8. The Morgan fingerprint density at radius 1 is 0.360 bits per heavy atom. The third-order valence-corrected chi connectivity index (χ3v) is 18.7. The number of hydrogen-bond acceptors (Lipinski definition) is 5. The number of aryl methyl sites for hydroxylation is 4. The maximum atomic E-state index is 4.83. The maximum absolute atomic E-state index is 4.83. The third kappa shape index (κ3) is 11.6. The summed E-state index contributed by atoms with van der Waals surface area (Å²) < 4.78 is 0. The zero-order chi connectivity index (χ0) is 60.4. The number of rotatable bonds is 15. The molecule has 2 aliphatic heterocycles. The van der Waals surface area contributed by atoms with Gasteiger partial charge in [0.2, 0.25) is 0 Å². The molecular weight excluding hydrogens is 1260 g/mol. The van der Waals surface area contributed by atoms with Crippen LogP contribution >= 0.6 is 0 Å². The third-order valence-electron chi connectivity index (χ3n) is 18.7. The summed E-state index contributed by atoms with van der Waals surface area (Å²) in [5.74, 6) is 0. The Bertz CT molecular complexity index is 4070. The van der Waals surface area contributed by atoms with Crippen molar-refractivity contribution in [2.45, 2.75) is 93.9 Å². The van der Waals surface area contributed by atoms with Crippen molar-refractivity contribution in [3.8, 4) is 55.8 Å². The first-order valence-corrected chi connectivity index (χ1v) is 31.4. The first-order chi connectivity index (χ1) is 42.5. The molecule has 0 atom stereocenters. The van der Waals surface area contributed by atoms with E-state index in [1.165, 1.54) is 84.2 Å². The van der Waals surface area contributed by atoms with Crippen molar-refractivity contribution in [2.24, 2.45) is 21.7 Å². The van der Waals surface area contributed by atoms with Crippen LogP contribution in [0.5, 0.6) is 0 Å². The minimum atomic E-state index is 0. The Hall–Kier alpha value is -8.54. The van der Waals surface area contributed by atoms with E-state index in [1.807, 2.05) is 6.20 Å². The van der Waals surface area contributed by atoms with Gasteiger partial charge >= 0.3 is 0 Å². The van der Waals surface area contributed by atoms with Crippen LogP contribution in [0.3, 0.4) is 0 Å². The van der Waals surface area contributed by atoms with Crippen molar-refractivity contribution in [2.75, 3.05) is 19.6 Å². The summed E-state index contributed by atoms with van der Waals surface area (Å²) in [6, 6.07) is 92.7. The zero-order valence-corrected chi connectivity index (χ0v) is 54.8. The van der Waals surface area contributed by atoms with Gasteiger partial charge in [-0.05, 0) is 106 Å². The number of aromatic nitrogens is 1. The summed E-state index contributed by atoms with van der Waals surface area (Å²) in [6.45, 7) is 23.7. The van der Waals surface area contributed by atoms with Crippen LogP contribution in [-0.2, 0) is 45.8 Å². The summed E-state index contributed by atoms with van der Waals surface area (Å²) >= 11 is 0. The first-order valence-electron chi connectivity index (χ1n) is 31.4. The number of anilines is 4. The Morgan fingerprint density at radius 3 is 1.24 bits per heavy atom. The van der Waals surface area contributed by atoms with Crippen LogP contribution in [0.15, 0.2) is 253 Å². The molecule has 1 aromatic heterocycles. The van der Waals surface area contributed by atoms with E-state index in [9.17, 15) is 0 Å². The molecular formula is C83H76IrN5-5. The van der Waals surface area contributed by atoms with Gasteiger partial charge in [-0.1, -0.05) is 219 Å². The van der Waals surface area contributed by atoms with E-state index in [0.717, 1.165) is 77.8 Å². The van der Waals surface area contributed by atoms with Crippen molar-refractivity contribution in [1.29, 1.82) is 0 Å². The summed E-state index contributed by atoms with van der Waals surface area (Å²) in [7, 11) is 0. The average Bonchev–Trinajstić information content (AvgIpc) is 1.62. The predicted molar refractivity (Wildman–Crippen MR) is 365 cm³/mol. The monoisotopic (exact) mass is 1340 g/mol. The predicted octanol–water partition coefficient (Wildman–Crippen LogP) is 20.6. The molecule has 1 radical (unpaired) electrons. The summed E-state index contributed by atoms with van der Waals surface area (Å²) in [6.07, 6.45) is 7.67. The van der Waals surface area contributed by atoms with Crippen LogP contribution in [0.2, 0.25) is 0 Å². The second-order valence-corrected chi connectivity index (χ2v) is 27.3. The number of allylic oxidation sites excluding steroid dienone is 4. The van der Waals surface area contributed by atoms with Crippen LogP contribution in [0, 0.1) is 53.2 Å². The number of para-hydroxylation sites is 2. The molecule has 14 rings (SSSR count). The fourth-order valence-electron chi connectivity index (χ4n) is 15.3. The van der Waals surface area contributed by atoms with Crippen molar-refractivity contribution in [3.63, 3.8) is 0 Å². The molecule has 2 aliphatic carbocycles. The Kier molecular flexibility index (Phi) is 15.9. The van der Waals surface area contributed by atoms with E-state index < -0.39 is 0 Å². The molecule has 0 bridgehead atoms. The number of nitrogens with zero attached hydrogens (tertiary/aromatic N) is 5. The van der Waals surface area contributed by atoms with Gasteiger partial charge in [0, 0.05) is 82.1 Å². The van der Waals surface area contributed by atoms with Gasteiger partial charge in [0.1, 0.15) is 0 Å². The van der Waals surface area contributed by atoms with E-state index in [-0.39, 0.29) is 41.8 Å². The Labute approximate surface area is 542 Å². The van der Waals surface area contributed by atoms with Gasteiger partial charge in [0.15, 0.2) is 0 Å². The standard InChI is InChI=1S/C83H76N5.Ir/c1-80(2)54-82(5,6)78-76(80)85(69-22-14-10-15-23-69)56-87(78)71-44-32-58(33-45-71)28-30-60-50-61(31-29-59-34-46-72(47-35-59)88-57-86(70-24-16-11-17-25-70)77-79(88)83(7,8)55-81(77,3)4)52-68(51-60)74-27-19-18-26-73(74)65-40-42-66(43-41-65)75-53-67(48-49-84-75)64-38-36-63(37-39-64)62-20-12-9-13-21-62;/h9-27,32-42,44,46,48-53,56-57H,28-31,54-55H2,1-8H3;/q-5;. The van der Waals surface area contributed by atoms with E-state index in [1.54, 1.807) is 0 Å². The maximum Gasteiger partial charge on any atom is 0.0166 e. The SMILES string of the molecule is CC1(C)CC(C)(C)C2=C1N(c1[c-]cc(CCc3cc(CCc4c[c-]c(N5[CH-]N(c6ccccc6)C6=C5C(C)(C)CC6(C)C)cc4)cc(-c4ccccc4-c4c[c-]c(-c5cc(-c6ccc(-c7ccccc7)cc6)ccn5)cc4)c3)cc1)[CH-]N2c1ccccc1.[Ir]. The number of benzene rings is 9. The van der Waals surface area contributed by atoms with Gasteiger partial charge in [0.25, 0.3) is 0 Å². The topological polar surface area (TPSA) is 25.9 Å². The molecule has 0 N–H and O–H groups in total. The van der Waals surface area contributed by atoms with Crippen LogP contribution in [0.25, 0.3) is 55.8 Å². The fourth-order valence-corrected chi connectivity index (χ4v) is 15.3. The van der Waals surface area contributed by atoms with E-state index in [4.69, 9.17) is 4.98 Å². The quantitative estimate of drug-likeness (QED) is 0.0953. The van der Waals surface area contributed by atoms with Crippen molar-refractivity contribution < 1.29 is 20.1 Å². The largest absolute Gasteiger partial charge is 0.497 e. The minimum Gasteiger partial charge on any atom is -0.497 e. The molecule has 10 aromatic rings. The molecule has 0 saturated heterocycles. The molecule has 9 aromatic carbocycles. The van der Waals surface area contributed by atoms with Gasteiger partial charge in [0.05, 0.1) is 0 Å². The fraction of sp³-hybridized carbons (Fsp3) is 0.217. The second-order valence-electron chi connectivity index (χ2n) is 27.3.